The largest absolute Gasteiger partial charge is 0.338 e. The Kier molecular flexibility index (Phi) is 4.63. The zero-order valence-corrected chi connectivity index (χ0v) is 13.1. The molecule has 0 aromatic heterocycles. The fourth-order valence-electron chi connectivity index (χ4n) is 2.58. The van der Waals surface area contributed by atoms with E-state index in [-0.39, 0.29) is 11.9 Å². The van der Waals surface area contributed by atoms with Crippen molar-refractivity contribution in [3.8, 4) is 0 Å². The third kappa shape index (κ3) is 3.18. The number of amides is 1. The molecule has 3 nitrogen and oxygen atoms in total. The number of benzene rings is 1. The Bertz CT molecular complexity index is 475. The smallest absolute Gasteiger partial charge is 0.253 e. The molecule has 0 aliphatic carbocycles. The van der Waals surface area contributed by atoms with Gasteiger partial charge in [-0.1, -0.05) is 35.3 Å². The van der Waals surface area contributed by atoms with Crippen LogP contribution in [0.3, 0.4) is 0 Å². The second-order valence-corrected chi connectivity index (χ2v) is 6.19. The van der Waals surface area contributed by atoms with Crippen LogP contribution in [0.1, 0.15) is 35.7 Å². The molecule has 1 aliphatic heterocycles. The number of carbonyl (C=O) groups is 1. The highest BCUT2D eigenvalue weighted by atomic mass is 79.9. The van der Waals surface area contributed by atoms with Crippen LogP contribution in [-0.4, -0.2) is 29.9 Å². The monoisotopic (exact) mass is 324 g/mol. The third-order valence-electron chi connectivity index (χ3n) is 4.02. The van der Waals surface area contributed by atoms with E-state index in [1.165, 1.54) is 0 Å². The standard InChI is InChI=1S/C15H21BrN2O/c1-3-11-9-18(7-6-14(11)17)15(19)12-5-4-10(2)13(16)8-12/h4-5,8,11,14H,3,6-7,9,17H2,1-2H3. The molecule has 1 fully saturated rings. The minimum absolute atomic E-state index is 0.117. The predicted molar refractivity (Wildman–Crippen MR) is 81.2 cm³/mol. The van der Waals surface area contributed by atoms with E-state index in [9.17, 15) is 4.79 Å². The Morgan fingerprint density at radius 3 is 2.89 bits per heavy atom. The van der Waals surface area contributed by atoms with Gasteiger partial charge in [0.15, 0.2) is 0 Å². The van der Waals surface area contributed by atoms with Gasteiger partial charge in [-0.15, -0.1) is 0 Å². The first-order valence-corrected chi connectivity index (χ1v) is 7.63. The van der Waals surface area contributed by atoms with Gasteiger partial charge in [-0.25, -0.2) is 0 Å². The molecule has 19 heavy (non-hydrogen) atoms. The number of nitrogens with zero attached hydrogens (tertiary/aromatic N) is 1. The van der Waals surface area contributed by atoms with E-state index in [1.54, 1.807) is 0 Å². The molecule has 0 radical (unpaired) electrons. The first kappa shape index (κ1) is 14.5. The van der Waals surface area contributed by atoms with Crippen LogP contribution < -0.4 is 5.73 Å². The van der Waals surface area contributed by atoms with E-state index in [4.69, 9.17) is 5.73 Å². The lowest BCUT2D eigenvalue weighted by Gasteiger charge is -2.36. The normalized spacial score (nSPS) is 23.5. The Balaban J connectivity index is 2.13. The first-order valence-electron chi connectivity index (χ1n) is 6.84. The summed E-state index contributed by atoms with van der Waals surface area (Å²) in [7, 11) is 0. The molecule has 104 valence electrons. The van der Waals surface area contributed by atoms with Gasteiger partial charge in [0.1, 0.15) is 0 Å². The van der Waals surface area contributed by atoms with Crippen molar-refractivity contribution >= 4 is 21.8 Å². The van der Waals surface area contributed by atoms with Crippen molar-refractivity contribution in [2.45, 2.75) is 32.7 Å². The Labute approximate surface area is 123 Å². The summed E-state index contributed by atoms with van der Waals surface area (Å²) in [5.74, 6) is 0.539. The zero-order chi connectivity index (χ0) is 14.0. The molecule has 0 spiro atoms. The quantitative estimate of drug-likeness (QED) is 0.909. The lowest BCUT2D eigenvalue weighted by Crippen LogP contribution is -2.49. The number of hydrogen-bond donors (Lipinski definition) is 1. The summed E-state index contributed by atoms with van der Waals surface area (Å²) in [6, 6.07) is 6.02. The van der Waals surface area contributed by atoms with Crippen LogP contribution in [0.4, 0.5) is 0 Å². The molecular formula is C15H21BrN2O. The molecule has 1 heterocycles. The van der Waals surface area contributed by atoms with E-state index in [0.717, 1.165) is 41.5 Å². The number of nitrogens with two attached hydrogens (primary N) is 1. The first-order chi connectivity index (χ1) is 9.02. The predicted octanol–water partition coefficient (Wildman–Crippen LogP) is 2.96. The lowest BCUT2D eigenvalue weighted by molar-refractivity contribution is 0.0649. The van der Waals surface area contributed by atoms with Crippen molar-refractivity contribution in [2.75, 3.05) is 13.1 Å². The van der Waals surface area contributed by atoms with Crippen LogP contribution in [0.2, 0.25) is 0 Å². The number of likely N-dealkylation sites (tertiary alicyclic amines) is 1. The van der Waals surface area contributed by atoms with Gasteiger partial charge in [-0.05, 0) is 37.0 Å². The summed E-state index contributed by atoms with van der Waals surface area (Å²) in [6.07, 6.45) is 1.93. The highest BCUT2D eigenvalue weighted by Gasteiger charge is 2.28. The zero-order valence-electron chi connectivity index (χ0n) is 11.5. The fraction of sp³-hybridized carbons (Fsp3) is 0.533. The van der Waals surface area contributed by atoms with Gasteiger partial charge in [0.05, 0.1) is 0 Å². The van der Waals surface area contributed by atoms with Crippen LogP contribution in [0.25, 0.3) is 0 Å². The molecule has 0 bridgehead atoms. The Hall–Kier alpha value is -0.870. The Morgan fingerprint density at radius 2 is 2.26 bits per heavy atom. The minimum Gasteiger partial charge on any atom is -0.338 e. The van der Waals surface area contributed by atoms with Crippen molar-refractivity contribution in [1.29, 1.82) is 0 Å². The summed E-state index contributed by atoms with van der Waals surface area (Å²) in [5.41, 5.74) is 7.98. The second-order valence-electron chi connectivity index (χ2n) is 5.34. The third-order valence-corrected chi connectivity index (χ3v) is 4.88. The molecular weight excluding hydrogens is 304 g/mol. The van der Waals surface area contributed by atoms with E-state index < -0.39 is 0 Å². The molecule has 2 unspecified atom stereocenters. The lowest BCUT2D eigenvalue weighted by atomic mass is 9.90. The Morgan fingerprint density at radius 1 is 1.53 bits per heavy atom. The van der Waals surface area contributed by atoms with Gasteiger partial charge in [0.2, 0.25) is 0 Å². The SMILES string of the molecule is CCC1CN(C(=O)c2ccc(C)c(Br)c2)CCC1N. The van der Waals surface area contributed by atoms with Crippen molar-refractivity contribution in [3.63, 3.8) is 0 Å². The van der Waals surface area contributed by atoms with Crippen LogP contribution >= 0.6 is 15.9 Å². The molecule has 2 rings (SSSR count). The van der Waals surface area contributed by atoms with Crippen molar-refractivity contribution in [2.24, 2.45) is 11.7 Å². The highest BCUT2D eigenvalue weighted by molar-refractivity contribution is 9.10. The van der Waals surface area contributed by atoms with Crippen LogP contribution in [0.15, 0.2) is 22.7 Å². The highest BCUT2D eigenvalue weighted by Crippen LogP contribution is 2.22. The van der Waals surface area contributed by atoms with Gasteiger partial charge in [-0.2, -0.15) is 0 Å². The molecule has 2 atom stereocenters. The molecule has 1 amide bonds. The van der Waals surface area contributed by atoms with E-state index in [1.807, 2.05) is 30.0 Å². The van der Waals surface area contributed by atoms with E-state index >= 15 is 0 Å². The summed E-state index contributed by atoms with van der Waals surface area (Å²) < 4.78 is 0.985. The van der Waals surface area contributed by atoms with Gasteiger partial charge >= 0.3 is 0 Å². The minimum atomic E-state index is 0.117. The topological polar surface area (TPSA) is 46.3 Å². The number of piperidine rings is 1. The number of carbonyl (C=O) groups excluding carboxylic acids is 1. The summed E-state index contributed by atoms with van der Waals surface area (Å²) in [4.78, 5) is 14.4. The van der Waals surface area contributed by atoms with Crippen molar-refractivity contribution in [1.82, 2.24) is 4.90 Å². The summed E-state index contributed by atoms with van der Waals surface area (Å²) >= 11 is 3.48. The molecule has 2 N–H and O–H groups in total. The maximum Gasteiger partial charge on any atom is 0.253 e. The van der Waals surface area contributed by atoms with Crippen LogP contribution in [-0.2, 0) is 0 Å². The molecule has 1 aromatic carbocycles. The van der Waals surface area contributed by atoms with Crippen molar-refractivity contribution < 1.29 is 4.79 Å². The van der Waals surface area contributed by atoms with E-state index in [2.05, 4.69) is 22.9 Å². The number of rotatable bonds is 2. The molecule has 0 saturated carbocycles. The molecule has 4 heteroatoms. The van der Waals surface area contributed by atoms with Gasteiger partial charge < -0.3 is 10.6 Å². The summed E-state index contributed by atoms with van der Waals surface area (Å²) in [5, 5.41) is 0. The van der Waals surface area contributed by atoms with Gasteiger partial charge in [0.25, 0.3) is 5.91 Å². The van der Waals surface area contributed by atoms with E-state index in [0.29, 0.717) is 5.92 Å². The van der Waals surface area contributed by atoms with Gasteiger partial charge in [-0.3, -0.25) is 4.79 Å². The maximum absolute atomic E-state index is 12.5. The average Bonchev–Trinajstić information content (AvgIpc) is 2.41. The van der Waals surface area contributed by atoms with Crippen molar-refractivity contribution in [3.05, 3.63) is 33.8 Å². The van der Waals surface area contributed by atoms with Crippen LogP contribution in [0, 0.1) is 12.8 Å². The van der Waals surface area contributed by atoms with Crippen LogP contribution in [0.5, 0.6) is 0 Å². The average molecular weight is 325 g/mol. The maximum atomic E-state index is 12.5. The number of aryl methyl sites for hydroxylation is 1. The number of hydrogen-bond acceptors (Lipinski definition) is 2. The van der Waals surface area contributed by atoms with Gasteiger partial charge in [0, 0.05) is 29.2 Å². The molecule has 1 aliphatic rings. The number of halogens is 1. The molecule has 1 aromatic rings. The summed E-state index contributed by atoms with van der Waals surface area (Å²) in [6.45, 7) is 5.70. The molecule has 1 saturated heterocycles. The second kappa shape index (κ2) is 6.06. The fourth-order valence-corrected chi connectivity index (χ4v) is 2.95.